The molecule has 0 radical (unpaired) electrons. The normalized spacial score (nSPS) is 15.8. The molecule has 11 heteroatoms. The number of benzene rings is 1. The van der Waals surface area contributed by atoms with Crippen LogP contribution in [0.4, 0.5) is 5.95 Å². The smallest absolute Gasteiger partial charge is 0.319 e. The number of nitrogens with one attached hydrogen (secondary N) is 2. The van der Waals surface area contributed by atoms with E-state index in [1.807, 2.05) is 30.5 Å². The van der Waals surface area contributed by atoms with Crippen molar-refractivity contribution in [2.45, 2.75) is 32.7 Å². The number of carbonyl (C=O) groups excluding carboxylic acids is 2. The number of ether oxygens (including phenoxy) is 1. The number of phenolic OH excluding ortho intramolecular Hbond substituents is 1. The summed E-state index contributed by atoms with van der Waals surface area (Å²) in [5, 5.41) is 27.6. The van der Waals surface area contributed by atoms with Crippen LogP contribution in [-0.2, 0) is 14.3 Å². The summed E-state index contributed by atoms with van der Waals surface area (Å²) in [4.78, 5) is 27.8. The van der Waals surface area contributed by atoms with E-state index in [9.17, 15) is 14.7 Å². The van der Waals surface area contributed by atoms with Crippen molar-refractivity contribution in [3.63, 3.8) is 0 Å². The molecular formula is C23H30N6O4S. The van der Waals surface area contributed by atoms with Crippen LogP contribution in [0, 0.1) is 6.92 Å². The number of nitrogens with zero attached hydrogens (tertiary/aromatic N) is 4. The second kappa shape index (κ2) is 11.7. The molecule has 1 fully saturated rings. The third kappa shape index (κ3) is 6.39. The molecule has 182 valence electrons. The topological polar surface area (TPSA) is 130 Å². The van der Waals surface area contributed by atoms with Crippen LogP contribution in [0.15, 0.2) is 23.6 Å². The summed E-state index contributed by atoms with van der Waals surface area (Å²) in [5.41, 5.74) is 1.88. The Labute approximate surface area is 202 Å². The minimum atomic E-state index is -0.230. The zero-order valence-corrected chi connectivity index (χ0v) is 20.6. The van der Waals surface area contributed by atoms with Gasteiger partial charge in [0.1, 0.15) is 11.4 Å². The van der Waals surface area contributed by atoms with Gasteiger partial charge in [-0.2, -0.15) is 0 Å². The highest BCUT2D eigenvalue weighted by Crippen LogP contribution is 2.37. The molecule has 10 nitrogen and oxygen atoms in total. The van der Waals surface area contributed by atoms with E-state index in [0.29, 0.717) is 22.9 Å². The highest BCUT2D eigenvalue weighted by Gasteiger charge is 2.23. The monoisotopic (exact) mass is 486 g/mol. The zero-order valence-electron chi connectivity index (χ0n) is 19.8. The van der Waals surface area contributed by atoms with Gasteiger partial charge in [0.15, 0.2) is 0 Å². The molecule has 34 heavy (non-hydrogen) atoms. The van der Waals surface area contributed by atoms with Crippen molar-refractivity contribution >= 4 is 39.2 Å². The number of anilines is 1. The number of likely N-dealkylation sites (tertiary alicyclic amines) is 1. The molecule has 0 unspecified atom stereocenters. The molecule has 1 amide bonds. The van der Waals surface area contributed by atoms with Crippen molar-refractivity contribution in [3.05, 3.63) is 29.3 Å². The number of methoxy groups -OCH3 is 1. The van der Waals surface area contributed by atoms with E-state index in [0.717, 1.165) is 36.0 Å². The molecule has 1 atom stereocenters. The van der Waals surface area contributed by atoms with Gasteiger partial charge < -0.3 is 20.5 Å². The van der Waals surface area contributed by atoms with E-state index in [1.54, 1.807) is 18.4 Å². The Balaban J connectivity index is 0.000000588. The number of aromatic nitrogens is 3. The first-order chi connectivity index (χ1) is 16.3. The number of hydrogen-bond donors (Lipinski definition) is 3. The number of rotatable bonds is 5. The molecule has 1 aliphatic heterocycles. The minimum absolute atomic E-state index is 0.00463. The van der Waals surface area contributed by atoms with Crippen LogP contribution in [0.2, 0.25) is 0 Å². The van der Waals surface area contributed by atoms with Crippen LogP contribution >= 0.6 is 11.3 Å². The summed E-state index contributed by atoms with van der Waals surface area (Å²) >= 11 is 1.58. The van der Waals surface area contributed by atoms with Crippen molar-refractivity contribution < 1.29 is 19.4 Å². The third-order valence-corrected chi connectivity index (χ3v) is 6.38. The average molecular weight is 487 g/mol. The maximum Gasteiger partial charge on any atom is 0.319 e. The second-order valence-corrected chi connectivity index (χ2v) is 8.91. The molecule has 1 aromatic carbocycles. The first kappa shape index (κ1) is 25.3. The molecule has 0 bridgehead atoms. The molecular weight excluding hydrogens is 456 g/mol. The van der Waals surface area contributed by atoms with Crippen molar-refractivity contribution in [2.75, 3.05) is 39.1 Å². The predicted octanol–water partition coefficient (Wildman–Crippen LogP) is 2.57. The summed E-state index contributed by atoms with van der Waals surface area (Å²) in [7, 11) is 3.00. The quantitative estimate of drug-likeness (QED) is 0.466. The standard InChI is InChI=1S/C20H23N5O3S.C3H7NO/c1-12-18(15-5-6-16-14(19(15)27)7-9-29-16)23-24-20(21-12)22-13-4-3-8-25(10-13)11-17(26)28-2;1-3(5)4-2/h5-7,9,13,27H,3-4,8,10-11H2,1-2H3,(H,21,22,24);1-2H3,(H,4,5)/t13-;/m1./s1. The Kier molecular flexibility index (Phi) is 8.72. The lowest BCUT2D eigenvalue weighted by molar-refractivity contribution is -0.142. The van der Waals surface area contributed by atoms with E-state index in [4.69, 9.17) is 4.74 Å². The Bertz CT molecular complexity index is 1150. The van der Waals surface area contributed by atoms with Gasteiger partial charge in [-0.1, -0.05) is 0 Å². The maximum atomic E-state index is 11.5. The number of hydrogen-bond acceptors (Lipinski definition) is 10. The number of piperidine rings is 1. The van der Waals surface area contributed by atoms with Gasteiger partial charge in [0.05, 0.1) is 19.3 Å². The molecule has 0 spiro atoms. The Hall–Kier alpha value is -3.31. The van der Waals surface area contributed by atoms with Gasteiger partial charge >= 0.3 is 5.97 Å². The van der Waals surface area contributed by atoms with Gasteiger partial charge in [0, 0.05) is 42.2 Å². The van der Waals surface area contributed by atoms with Crippen molar-refractivity contribution in [1.82, 2.24) is 25.4 Å². The Morgan fingerprint density at radius 3 is 2.74 bits per heavy atom. The van der Waals surface area contributed by atoms with Crippen LogP contribution in [0.1, 0.15) is 25.5 Å². The molecule has 0 aliphatic carbocycles. The highest BCUT2D eigenvalue weighted by atomic mass is 32.1. The fraction of sp³-hybridized carbons (Fsp3) is 0.435. The van der Waals surface area contributed by atoms with Gasteiger partial charge in [0.25, 0.3) is 0 Å². The fourth-order valence-electron chi connectivity index (χ4n) is 3.68. The first-order valence-corrected chi connectivity index (χ1v) is 11.8. The van der Waals surface area contributed by atoms with Crippen LogP contribution in [-0.4, -0.2) is 76.9 Å². The van der Waals surface area contributed by atoms with Crippen LogP contribution in [0.5, 0.6) is 5.75 Å². The van der Waals surface area contributed by atoms with Gasteiger partial charge in [-0.15, -0.1) is 21.5 Å². The van der Waals surface area contributed by atoms with Crippen LogP contribution in [0.3, 0.4) is 0 Å². The van der Waals surface area contributed by atoms with Gasteiger partial charge in [-0.3, -0.25) is 14.5 Å². The van der Waals surface area contributed by atoms with Crippen molar-refractivity contribution in [1.29, 1.82) is 0 Å². The molecule has 0 saturated carbocycles. The average Bonchev–Trinajstić information content (AvgIpc) is 3.30. The first-order valence-electron chi connectivity index (χ1n) is 11.0. The number of thiophene rings is 1. The Morgan fingerprint density at radius 1 is 1.29 bits per heavy atom. The molecule has 1 aliphatic rings. The maximum absolute atomic E-state index is 11.5. The number of phenols is 1. The zero-order chi connectivity index (χ0) is 24.7. The lowest BCUT2D eigenvalue weighted by Crippen LogP contribution is -2.44. The van der Waals surface area contributed by atoms with Crippen molar-refractivity contribution in [3.8, 4) is 17.0 Å². The number of amides is 1. The lowest BCUT2D eigenvalue weighted by atomic mass is 10.1. The molecule has 2 aromatic heterocycles. The summed E-state index contributed by atoms with van der Waals surface area (Å²) in [6, 6.07) is 5.86. The molecule has 3 heterocycles. The van der Waals surface area contributed by atoms with E-state index >= 15 is 0 Å². The van der Waals surface area contributed by atoms with Crippen LogP contribution in [0.25, 0.3) is 21.3 Å². The number of fused-ring (bicyclic) bond motifs is 1. The fourth-order valence-corrected chi connectivity index (χ4v) is 4.47. The summed E-state index contributed by atoms with van der Waals surface area (Å²) < 4.78 is 5.78. The lowest BCUT2D eigenvalue weighted by Gasteiger charge is -2.32. The van der Waals surface area contributed by atoms with E-state index in [-0.39, 0.29) is 30.2 Å². The Morgan fingerprint density at radius 2 is 2.06 bits per heavy atom. The molecule has 3 N–H and O–H groups in total. The molecule has 4 rings (SSSR count). The summed E-state index contributed by atoms with van der Waals surface area (Å²) in [6.45, 7) is 5.20. The second-order valence-electron chi connectivity index (χ2n) is 7.96. The molecule has 3 aromatic rings. The highest BCUT2D eigenvalue weighted by molar-refractivity contribution is 7.17. The minimum Gasteiger partial charge on any atom is -0.507 e. The largest absolute Gasteiger partial charge is 0.507 e. The molecule has 1 saturated heterocycles. The van der Waals surface area contributed by atoms with Gasteiger partial charge in [-0.25, -0.2) is 4.98 Å². The van der Waals surface area contributed by atoms with Gasteiger partial charge in [0.2, 0.25) is 11.9 Å². The van der Waals surface area contributed by atoms with E-state index < -0.39 is 0 Å². The van der Waals surface area contributed by atoms with E-state index in [1.165, 1.54) is 14.0 Å². The third-order valence-electron chi connectivity index (χ3n) is 5.49. The number of aromatic hydroxyl groups is 1. The number of carbonyl (C=O) groups is 2. The van der Waals surface area contributed by atoms with E-state index in [2.05, 4.69) is 30.7 Å². The van der Waals surface area contributed by atoms with Crippen LogP contribution < -0.4 is 10.6 Å². The van der Waals surface area contributed by atoms with Crippen molar-refractivity contribution in [2.24, 2.45) is 0 Å². The SMILES string of the molecule is CNC(C)=O.COC(=O)CN1CCC[C@@H](Nc2nnc(-c3ccc4sccc4c3O)c(C)n2)C1. The van der Waals surface area contributed by atoms with Gasteiger partial charge in [-0.05, 0) is 49.9 Å². The number of esters is 1. The number of aryl methyl sites for hydroxylation is 1. The summed E-state index contributed by atoms with van der Waals surface area (Å²) in [6.07, 6.45) is 1.95. The predicted molar refractivity (Wildman–Crippen MR) is 132 cm³/mol. The summed E-state index contributed by atoms with van der Waals surface area (Å²) in [5.74, 6) is 0.429.